The lowest BCUT2D eigenvalue weighted by molar-refractivity contribution is 0.553. The maximum absolute atomic E-state index is 3.97. The number of hydrogen-bond acceptors (Lipinski definition) is 0. The molecule has 0 aromatic heterocycles. The third-order valence-electron chi connectivity index (χ3n) is 1.79. The van der Waals surface area contributed by atoms with Crippen LogP contribution >= 0.6 is 0 Å². The second-order valence-electron chi connectivity index (χ2n) is 3.05. The highest BCUT2D eigenvalue weighted by atomic mass is 14.1. The first kappa shape index (κ1) is 9.74. The van der Waals surface area contributed by atoms with Crippen molar-refractivity contribution in [2.24, 2.45) is 11.8 Å². The first-order valence-corrected chi connectivity index (χ1v) is 4.18. The van der Waals surface area contributed by atoms with E-state index in [1.54, 1.807) is 0 Å². The van der Waals surface area contributed by atoms with Crippen LogP contribution in [0.5, 0.6) is 0 Å². The topological polar surface area (TPSA) is 0 Å². The van der Waals surface area contributed by atoms with Crippen LogP contribution in [0.15, 0.2) is 12.2 Å². The second kappa shape index (κ2) is 5.52. The smallest absolute Gasteiger partial charge is 0.0236 e. The van der Waals surface area contributed by atoms with E-state index in [1.807, 2.05) is 0 Å². The highest BCUT2D eigenvalue weighted by Gasteiger charge is 2.00. The Bertz CT molecular complexity index is 90.2. The maximum Gasteiger partial charge on any atom is -0.0236 e. The van der Waals surface area contributed by atoms with Crippen LogP contribution in [0, 0.1) is 18.8 Å². The van der Waals surface area contributed by atoms with Gasteiger partial charge >= 0.3 is 0 Å². The highest BCUT2D eigenvalue weighted by Crippen LogP contribution is 2.10. The monoisotopic (exact) mass is 139 g/mol. The summed E-state index contributed by atoms with van der Waals surface area (Å²) in [6, 6.07) is 0. The van der Waals surface area contributed by atoms with Gasteiger partial charge in [-0.3, -0.25) is 0 Å². The molecule has 0 saturated heterocycles. The van der Waals surface area contributed by atoms with Crippen LogP contribution in [-0.4, -0.2) is 0 Å². The normalized spacial score (nSPS) is 14.9. The summed E-state index contributed by atoms with van der Waals surface area (Å²) in [5.41, 5.74) is 0. The molecule has 2 atom stereocenters. The van der Waals surface area contributed by atoms with Gasteiger partial charge in [0, 0.05) is 0 Å². The van der Waals surface area contributed by atoms with E-state index in [-0.39, 0.29) is 0 Å². The minimum Gasteiger partial charge on any atom is -0.0883 e. The van der Waals surface area contributed by atoms with Crippen molar-refractivity contribution in [1.82, 2.24) is 0 Å². The summed E-state index contributed by atoms with van der Waals surface area (Å²) in [5, 5.41) is 0. The Kier molecular flexibility index (Phi) is 5.38. The van der Waals surface area contributed by atoms with E-state index < -0.39 is 0 Å². The van der Waals surface area contributed by atoms with Gasteiger partial charge in [-0.1, -0.05) is 39.3 Å². The quantitative estimate of drug-likeness (QED) is 0.523. The third kappa shape index (κ3) is 4.60. The van der Waals surface area contributed by atoms with E-state index in [4.69, 9.17) is 0 Å². The van der Waals surface area contributed by atoms with Crippen molar-refractivity contribution in [1.29, 1.82) is 0 Å². The summed E-state index contributed by atoms with van der Waals surface area (Å²) in [6.07, 6.45) is 6.97. The average Bonchev–Trinajstić information content (AvgIpc) is 1.88. The number of rotatable bonds is 4. The van der Waals surface area contributed by atoms with Crippen molar-refractivity contribution in [3.8, 4) is 0 Å². The van der Waals surface area contributed by atoms with Gasteiger partial charge in [0.15, 0.2) is 0 Å². The predicted octanol–water partition coefficient (Wildman–Crippen LogP) is 3.45. The summed E-state index contributed by atoms with van der Waals surface area (Å²) in [7, 11) is 0. The Morgan fingerprint density at radius 2 is 2.00 bits per heavy atom. The lowest BCUT2D eigenvalue weighted by Gasteiger charge is -2.08. The molecule has 0 aliphatic heterocycles. The summed E-state index contributed by atoms with van der Waals surface area (Å²) < 4.78 is 0. The fourth-order valence-corrected chi connectivity index (χ4v) is 0.667. The molecule has 0 fully saturated rings. The van der Waals surface area contributed by atoms with Crippen molar-refractivity contribution in [3.63, 3.8) is 0 Å². The van der Waals surface area contributed by atoms with Crippen LogP contribution in [0.4, 0.5) is 0 Å². The summed E-state index contributed by atoms with van der Waals surface area (Å²) >= 11 is 0. The molecule has 0 saturated carbocycles. The van der Waals surface area contributed by atoms with Crippen molar-refractivity contribution in [2.45, 2.75) is 33.6 Å². The zero-order valence-corrected chi connectivity index (χ0v) is 7.43. The number of allylic oxidation sites excluding steroid dienone is 2. The second-order valence-corrected chi connectivity index (χ2v) is 3.05. The van der Waals surface area contributed by atoms with Gasteiger partial charge in [-0.05, 0) is 25.2 Å². The van der Waals surface area contributed by atoms with Crippen molar-refractivity contribution < 1.29 is 0 Å². The Morgan fingerprint density at radius 3 is 2.40 bits per heavy atom. The van der Waals surface area contributed by atoms with Crippen LogP contribution in [0.1, 0.15) is 33.6 Å². The molecule has 0 aliphatic rings. The molecule has 0 spiro atoms. The fourth-order valence-electron chi connectivity index (χ4n) is 0.667. The molecule has 59 valence electrons. The van der Waals surface area contributed by atoms with Gasteiger partial charge < -0.3 is 0 Å². The Labute approximate surface area is 65.3 Å². The Morgan fingerprint density at radius 1 is 1.40 bits per heavy atom. The van der Waals surface area contributed by atoms with Crippen LogP contribution in [0.25, 0.3) is 0 Å². The third-order valence-corrected chi connectivity index (χ3v) is 1.79. The number of hydrogen-bond donors (Lipinski definition) is 0. The molecule has 0 rings (SSSR count). The van der Waals surface area contributed by atoms with E-state index in [1.165, 1.54) is 12.8 Å². The van der Waals surface area contributed by atoms with E-state index in [2.05, 4.69) is 39.8 Å². The van der Waals surface area contributed by atoms with Crippen LogP contribution in [0.2, 0.25) is 0 Å². The van der Waals surface area contributed by atoms with Gasteiger partial charge in [-0.15, -0.1) is 0 Å². The van der Waals surface area contributed by atoms with E-state index in [0.29, 0.717) is 11.8 Å². The average molecular weight is 139 g/mol. The Hall–Kier alpha value is -0.260. The zero-order chi connectivity index (χ0) is 7.98. The fraction of sp³-hybridized carbons (Fsp3) is 0.700. The highest BCUT2D eigenvalue weighted by molar-refractivity contribution is 4.88. The van der Waals surface area contributed by atoms with Crippen LogP contribution in [0.3, 0.4) is 0 Å². The number of unbranched alkanes of at least 4 members (excludes halogenated alkanes) is 1. The lowest BCUT2D eigenvalue weighted by atomic mass is 9.97. The maximum atomic E-state index is 3.97. The molecule has 0 aliphatic carbocycles. The Balaban J connectivity index is 3.45. The predicted molar refractivity (Wildman–Crippen MR) is 47.7 cm³/mol. The molecule has 0 aromatic rings. The van der Waals surface area contributed by atoms with Crippen molar-refractivity contribution >= 4 is 0 Å². The van der Waals surface area contributed by atoms with Gasteiger partial charge in [0.05, 0.1) is 0 Å². The SMILES string of the molecule is [CH2]C(C)C(C)/C=C/CCC. The molecule has 0 aromatic carbocycles. The lowest BCUT2D eigenvalue weighted by Crippen LogP contribution is -1.99. The molecule has 2 unspecified atom stereocenters. The molecule has 0 heteroatoms. The van der Waals surface area contributed by atoms with Gasteiger partial charge in [0.1, 0.15) is 0 Å². The summed E-state index contributed by atoms with van der Waals surface area (Å²) in [6.45, 7) is 10.5. The molecule has 10 heavy (non-hydrogen) atoms. The van der Waals surface area contributed by atoms with Gasteiger partial charge in [0.25, 0.3) is 0 Å². The van der Waals surface area contributed by atoms with E-state index in [9.17, 15) is 0 Å². The summed E-state index contributed by atoms with van der Waals surface area (Å²) in [5.74, 6) is 1.17. The minimum atomic E-state index is 0.535. The summed E-state index contributed by atoms with van der Waals surface area (Å²) in [4.78, 5) is 0. The van der Waals surface area contributed by atoms with Gasteiger partial charge in [0.2, 0.25) is 0 Å². The molecule has 1 radical (unpaired) electrons. The zero-order valence-electron chi connectivity index (χ0n) is 7.43. The molecule has 0 N–H and O–H groups in total. The molecule has 0 bridgehead atoms. The van der Waals surface area contributed by atoms with Crippen molar-refractivity contribution in [2.75, 3.05) is 0 Å². The van der Waals surface area contributed by atoms with Crippen LogP contribution < -0.4 is 0 Å². The molecular weight excluding hydrogens is 120 g/mol. The molecular formula is C10H19. The van der Waals surface area contributed by atoms with E-state index in [0.717, 1.165) is 0 Å². The first-order valence-electron chi connectivity index (χ1n) is 4.18. The molecule has 0 amide bonds. The molecule has 0 nitrogen and oxygen atoms in total. The minimum absolute atomic E-state index is 0.535. The van der Waals surface area contributed by atoms with Crippen LogP contribution in [-0.2, 0) is 0 Å². The van der Waals surface area contributed by atoms with E-state index >= 15 is 0 Å². The van der Waals surface area contributed by atoms with Gasteiger partial charge in [-0.2, -0.15) is 0 Å². The molecule has 0 heterocycles. The van der Waals surface area contributed by atoms with Crippen molar-refractivity contribution in [3.05, 3.63) is 19.1 Å². The largest absolute Gasteiger partial charge is 0.0883 e. The van der Waals surface area contributed by atoms with Gasteiger partial charge in [-0.25, -0.2) is 0 Å². The standard InChI is InChI=1S/C10H19/c1-5-6-7-8-10(4)9(2)3/h7-10H,2,5-6H2,1,3-4H3/b8-7+. The first-order chi connectivity index (χ1) is 4.68.